The average Bonchev–Trinajstić information content (AvgIpc) is 2.70. The number of sulfonamides is 1. The Morgan fingerprint density at radius 1 is 1.22 bits per heavy atom. The van der Waals surface area contributed by atoms with Gasteiger partial charge in [0.05, 0.1) is 24.6 Å². The quantitative estimate of drug-likeness (QED) is 0.338. The molecule has 2 N–H and O–H groups in total. The van der Waals surface area contributed by atoms with Gasteiger partial charge < -0.3 is 19.7 Å². The summed E-state index contributed by atoms with van der Waals surface area (Å²) in [6.45, 7) is 6.18. The van der Waals surface area contributed by atoms with E-state index >= 15 is 0 Å². The van der Waals surface area contributed by atoms with Gasteiger partial charge in [-0.2, -0.15) is 0 Å². The van der Waals surface area contributed by atoms with Crippen molar-refractivity contribution in [3.8, 4) is 0 Å². The molecule has 0 saturated carbocycles. The van der Waals surface area contributed by atoms with Crippen LogP contribution in [0.3, 0.4) is 0 Å². The number of nitrogens with zero attached hydrogens (tertiary/aromatic N) is 2. The van der Waals surface area contributed by atoms with E-state index < -0.39 is 10.0 Å². The van der Waals surface area contributed by atoms with E-state index in [-0.39, 0.29) is 11.9 Å². The summed E-state index contributed by atoms with van der Waals surface area (Å²) in [7, 11) is -1.32. The molecule has 0 spiro atoms. The molecule has 2 saturated heterocycles. The maximum Gasteiger partial charge on any atom is 0.211 e. The summed E-state index contributed by atoms with van der Waals surface area (Å²) >= 11 is 0. The maximum absolute atomic E-state index is 11.4. The molecule has 158 valence electrons. The first kappa shape index (κ1) is 22.4. The van der Waals surface area contributed by atoms with Crippen LogP contribution in [0.15, 0.2) is 4.99 Å². The van der Waals surface area contributed by atoms with Gasteiger partial charge in [0.25, 0.3) is 0 Å². The number of piperidine rings is 1. The van der Waals surface area contributed by atoms with Gasteiger partial charge in [-0.1, -0.05) is 0 Å². The molecule has 0 aromatic rings. The Morgan fingerprint density at radius 2 is 2.00 bits per heavy atom. The van der Waals surface area contributed by atoms with Crippen LogP contribution in [0.2, 0.25) is 0 Å². The van der Waals surface area contributed by atoms with Crippen LogP contribution in [0.25, 0.3) is 0 Å². The topological polar surface area (TPSA) is 92.3 Å². The standard InChI is InChI=1S/C18H36N4O4S/c1-3-27(23,24)21-11-6-10-20-18(19-2)22-12-8-16(9-13-22)26-15-17-7-4-5-14-25-17/h16-17,21H,3-15H2,1-2H3,(H,19,20). The highest BCUT2D eigenvalue weighted by atomic mass is 32.2. The van der Waals surface area contributed by atoms with Gasteiger partial charge in [-0.05, 0) is 45.4 Å². The molecule has 0 aromatic carbocycles. The fourth-order valence-electron chi connectivity index (χ4n) is 3.37. The number of hydrogen-bond donors (Lipinski definition) is 2. The van der Waals surface area contributed by atoms with E-state index in [4.69, 9.17) is 9.47 Å². The molecular formula is C18H36N4O4S. The summed E-state index contributed by atoms with van der Waals surface area (Å²) in [4.78, 5) is 6.59. The predicted octanol–water partition coefficient (Wildman–Crippen LogP) is 0.941. The molecule has 0 aliphatic carbocycles. The molecule has 0 amide bonds. The van der Waals surface area contributed by atoms with E-state index in [0.29, 0.717) is 25.8 Å². The van der Waals surface area contributed by atoms with Crippen molar-refractivity contribution in [1.29, 1.82) is 0 Å². The third kappa shape index (κ3) is 8.33. The van der Waals surface area contributed by atoms with Crippen LogP contribution >= 0.6 is 0 Å². The van der Waals surface area contributed by atoms with Crippen LogP contribution < -0.4 is 10.0 Å². The fourth-order valence-corrected chi connectivity index (χ4v) is 4.03. The van der Waals surface area contributed by atoms with E-state index in [1.54, 1.807) is 14.0 Å². The van der Waals surface area contributed by atoms with Crippen molar-refractivity contribution >= 4 is 16.0 Å². The lowest BCUT2D eigenvalue weighted by Gasteiger charge is -2.35. The van der Waals surface area contributed by atoms with E-state index in [0.717, 1.165) is 51.3 Å². The first-order valence-electron chi connectivity index (χ1n) is 10.2. The monoisotopic (exact) mass is 404 g/mol. The van der Waals surface area contributed by atoms with Crippen LogP contribution in [-0.2, 0) is 19.5 Å². The molecule has 1 atom stereocenters. The van der Waals surface area contributed by atoms with Crippen molar-refractivity contribution < 1.29 is 17.9 Å². The molecule has 0 radical (unpaired) electrons. The van der Waals surface area contributed by atoms with Gasteiger partial charge in [-0.15, -0.1) is 0 Å². The Morgan fingerprint density at radius 3 is 2.63 bits per heavy atom. The maximum atomic E-state index is 11.4. The number of rotatable bonds is 9. The average molecular weight is 405 g/mol. The first-order valence-corrected chi connectivity index (χ1v) is 11.9. The lowest BCUT2D eigenvalue weighted by atomic mass is 10.1. The Bertz CT molecular complexity index is 542. The fraction of sp³-hybridized carbons (Fsp3) is 0.944. The summed E-state index contributed by atoms with van der Waals surface area (Å²) in [5.74, 6) is 0.994. The second-order valence-corrected chi connectivity index (χ2v) is 9.23. The molecule has 8 nitrogen and oxygen atoms in total. The zero-order chi connectivity index (χ0) is 19.5. The van der Waals surface area contributed by atoms with E-state index in [1.165, 1.54) is 12.8 Å². The van der Waals surface area contributed by atoms with Crippen LogP contribution in [-0.4, -0.2) is 83.7 Å². The molecule has 0 aromatic heterocycles. The number of guanidine groups is 1. The number of ether oxygens (including phenoxy) is 2. The molecule has 2 aliphatic rings. The molecule has 2 heterocycles. The Kier molecular flexibility index (Phi) is 9.81. The number of nitrogens with one attached hydrogen (secondary N) is 2. The highest BCUT2D eigenvalue weighted by Crippen LogP contribution is 2.17. The van der Waals surface area contributed by atoms with Crippen LogP contribution in [0.5, 0.6) is 0 Å². The third-order valence-corrected chi connectivity index (χ3v) is 6.49. The summed E-state index contributed by atoms with van der Waals surface area (Å²) in [6, 6.07) is 0. The van der Waals surface area contributed by atoms with Gasteiger partial charge >= 0.3 is 0 Å². The largest absolute Gasteiger partial charge is 0.376 e. The second kappa shape index (κ2) is 11.8. The van der Waals surface area contributed by atoms with Crippen LogP contribution in [0.4, 0.5) is 0 Å². The van der Waals surface area contributed by atoms with E-state index in [9.17, 15) is 8.42 Å². The van der Waals surface area contributed by atoms with E-state index in [1.807, 2.05) is 0 Å². The van der Waals surface area contributed by atoms with Gasteiger partial charge in [0.15, 0.2) is 5.96 Å². The first-order chi connectivity index (χ1) is 13.0. The lowest BCUT2D eigenvalue weighted by Crippen LogP contribution is -2.47. The minimum atomic E-state index is -3.11. The zero-order valence-electron chi connectivity index (χ0n) is 16.8. The van der Waals surface area contributed by atoms with Crippen molar-refractivity contribution in [2.24, 2.45) is 4.99 Å². The van der Waals surface area contributed by atoms with Crippen molar-refractivity contribution in [2.45, 2.75) is 57.7 Å². The highest BCUT2D eigenvalue weighted by molar-refractivity contribution is 7.89. The Labute approximate surface area is 164 Å². The van der Waals surface area contributed by atoms with Gasteiger partial charge in [0.1, 0.15) is 0 Å². The lowest BCUT2D eigenvalue weighted by molar-refractivity contribution is -0.0721. The second-order valence-electron chi connectivity index (χ2n) is 7.13. The predicted molar refractivity (Wildman–Crippen MR) is 108 cm³/mol. The number of aliphatic imine (C=N–C) groups is 1. The summed E-state index contributed by atoms with van der Waals surface area (Å²) in [5, 5.41) is 3.32. The molecule has 9 heteroatoms. The van der Waals surface area contributed by atoms with Crippen molar-refractivity contribution in [3.63, 3.8) is 0 Å². The molecule has 27 heavy (non-hydrogen) atoms. The Balaban J connectivity index is 1.60. The van der Waals surface area contributed by atoms with Crippen molar-refractivity contribution in [3.05, 3.63) is 0 Å². The summed E-state index contributed by atoms with van der Waals surface area (Å²) in [5.41, 5.74) is 0. The van der Waals surface area contributed by atoms with Crippen LogP contribution in [0, 0.1) is 0 Å². The normalized spacial score (nSPS) is 22.8. The smallest absolute Gasteiger partial charge is 0.211 e. The molecule has 1 unspecified atom stereocenters. The minimum Gasteiger partial charge on any atom is -0.376 e. The molecule has 0 bridgehead atoms. The van der Waals surface area contributed by atoms with Gasteiger partial charge in [0.2, 0.25) is 10.0 Å². The molecule has 2 aliphatic heterocycles. The SMILES string of the molecule is CCS(=O)(=O)NCCCNC(=NC)N1CCC(OCC2CCCCO2)CC1. The third-order valence-electron chi connectivity index (χ3n) is 5.08. The minimum absolute atomic E-state index is 0.117. The van der Waals surface area contributed by atoms with Crippen LogP contribution in [0.1, 0.15) is 45.4 Å². The van der Waals surface area contributed by atoms with Gasteiger partial charge in [-0.3, -0.25) is 4.99 Å². The van der Waals surface area contributed by atoms with Crippen molar-refractivity contribution in [2.75, 3.05) is 52.2 Å². The van der Waals surface area contributed by atoms with Gasteiger partial charge in [-0.25, -0.2) is 13.1 Å². The highest BCUT2D eigenvalue weighted by Gasteiger charge is 2.23. The zero-order valence-corrected chi connectivity index (χ0v) is 17.6. The molecule has 2 fully saturated rings. The van der Waals surface area contributed by atoms with E-state index in [2.05, 4.69) is 19.9 Å². The Hall–Kier alpha value is -0.900. The number of hydrogen-bond acceptors (Lipinski definition) is 5. The summed E-state index contributed by atoms with van der Waals surface area (Å²) in [6.07, 6.45) is 6.81. The number of likely N-dealkylation sites (tertiary alicyclic amines) is 1. The molecular weight excluding hydrogens is 368 g/mol. The summed E-state index contributed by atoms with van der Waals surface area (Å²) < 4.78 is 37.2. The van der Waals surface area contributed by atoms with Crippen molar-refractivity contribution in [1.82, 2.24) is 14.9 Å². The van der Waals surface area contributed by atoms with Gasteiger partial charge in [0, 0.05) is 39.8 Å². The molecule has 2 rings (SSSR count).